The lowest BCUT2D eigenvalue weighted by Gasteiger charge is -2.37. The van der Waals surface area contributed by atoms with Crippen LogP contribution in [0, 0.1) is 0 Å². The molecule has 160 valence electrons. The molecule has 0 saturated carbocycles. The number of nitrogens with zero attached hydrogens (tertiary/aromatic N) is 4. The lowest BCUT2D eigenvalue weighted by atomic mass is 10.1. The number of aromatic nitrogens is 2. The van der Waals surface area contributed by atoms with E-state index in [1.165, 1.54) is 5.52 Å². The summed E-state index contributed by atoms with van der Waals surface area (Å²) in [5, 5.41) is 3.45. The normalized spacial score (nSPS) is 22.7. The molecule has 2 atom stereocenters. The van der Waals surface area contributed by atoms with Crippen molar-refractivity contribution >= 4 is 41.0 Å². The second-order valence-electron chi connectivity index (χ2n) is 7.42. The zero-order valence-electron chi connectivity index (χ0n) is 17.1. The van der Waals surface area contributed by atoms with Gasteiger partial charge in [-0.15, -0.1) is 24.0 Å². The number of fused-ring (bicyclic) bond motifs is 1. The third kappa shape index (κ3) is 5.61. The number of aliphatic imine (C=N–C) groups is 1. The van der Waals surface area contributed by atoms with Crippen molar-refractivity contribution in [3.05, 3.63) is 30.6 Å². The van der Waals surface area contributed by atoms with Crippen molar-refractivity contribution in [1.29, 1.82) is 0 Å². The van der Waals surface area contributed by atoms with Crippen molar-refractivity contribution in [3.63, 3.8) is 0 Å². The topological polar surface area (TPSA) is 63.9 Å². The highest BCUT2D eigenvalue weighted by molar-refractivity contribution is 14.0. The molecule has 0 aliphatic carbocycles. The molecule has 2 aliphatic rings. The van der Waals surface area contributed by atoms with Crippen molar-refractivity contribution in [2.75, 3.05) is 39.4 Å². The zero-order chi connectivity index (χ0) is 19.2. The van der Waals surface area contributed by atoms with E-state index in [4.69, 9.17) is 14.5 Å². The number of morpholine rings is 1. The fraction of sp³-hybridized carbons (Fsp3) is 0.619. The van der Waals surface area contributed by atoms with Gasteiger partial charge in [-0.05, 0) is 38.3 Å². The van der Waals surface area contributed by atoms with E-state index in [0.29, 0.717) is 0 Å². The van der Waals surface area contributed by atoms with Crippen molar-refractivity contribution < 1.29 is 9.47 Å². The molecule has 3 heterocycles. The minimum absolute atomic E-state index is 0. The molecule has 0 spiro atoms. The number of hydrogen-bond donors (Lipinski definition) is 1. The van der Waals surface area contributed by atoms with Gasteiger partial charge in [0.15, 0.2) is 5.96 Å². The Bertz CT molecular complexity index is 790. The highest BCUT2D eigenvalue weighted by Gasteiger charge is 2.32. The third-order valence-electron chi connectivity index (χ3n) is 5.45. The zero-order valence-corrected chi connectivity index (χ0v) is 19.5. The van der Waals surface area contributed by atoms with Crippen LogP contribution in [0.5, 0.6) is 0 Å². The Hall–Kier alpha value is -1.39. The Balaban J connectivity index is 0.00000240. The first-order valence-electron chi connectivity index (χ1n) is 10.5. The Morgan fingerprint density at radius 3 is 2.93 bits per heavy atom. The molecular formula is C21H32IN5O2. The molecule has 4 rings (SSSR count). The standard InChI is InChI=1S/C21H31N5O2.HI/c1-2-22-21(25-12-14-28-20(15-25)19-9-5-13-27-19)23-10-6-11-26-16-24-17-7-3-4-8-18(17)26;/h3-4,7-8,16,19-20H,2,5-6,9-15H2,1H3,(H,22,23);1H. The van der Waals surface area contributed by atoms with Gasteiger partial charge in [0.05, 0.1) is 30.1 Å². The summed E-state index contributed by atoms with van der Waals surface area (Å²) in [5.41, 5.74) is 2.24. The SMILES string of the molecule is CCNC(=NCCCn1cnc2ccccc21)N1CCOC(C2CCCO2)C1.I. The van der Waals surface area contributed by atoms with E-state index in [2.05, 4.69) is 44.9 Å². The molecule has 2 aromatic rings. The van der Waals surface area contributed by atoms with Crippen LogP contribution in [0.3, 0.4) is 0 Å². The van der Waals surface area contributed by atoms with Crippen molar-refractivity contribution in [1.82, 2.24) is 19.8 Å². The molecular weight excluding hydrogens is 481 g/mol. The molecule has 0 radical (unpaired) electrons. The first kappa shape index (κ1) is 22.3. The molecule has 1 aromatic carbocycles. The van der Waals surface area contributed by atoms with Gasteiger partial charge < -0.3 is 24.3 Å². The molecule has 29 heavy (non-hydrogen) atoms. The molecule has 2 saturated heterocycles. The molecule has 0 bridgehead atoms. The fourth-order valence-electron chi connectivity index (χ4n) is 4.03. The number of ether oxygens (including phenoxy) is 2. The number of aryl methyl sites for hydroxylation is 1. The van der Waals surface area contributed by atoms with E-state index in [1.54, 1.807) is 0 Å². The summed E-state index contributed by atoms with van der Waals surface area (Å²) in [6.07, 6.45) is 5.53. The Kier molecular flexibility index (Phi) is 8.55. The molecule has 1 aromatic heterocycles. The largest absolute Gasteiger partial charge is 0.375 e. The second-order valence-corrected chi connectivity index (χ2v) is 7.42. The minimum Gasteiger partial charge on any atom is -0.375 e. The number of guanidine groups is 1. The lowest BCUT2D eigenvalue weighted by Crippen LogP contribution is -2.53. The van der Waals surface area contributed by atoms with E-state index >= 15 is 0 Å². The van der Waals surface area contributed by atoms with E-state index in [-0.39, 0.29) is 36.2 Å². The summed E-state index contributed by atoms with van der Waals surface area (Å²) in [5.74, 6) is 0.990. The van der Waals surface area contributed by atoms with Crippen LogP contribution in [0.2, 0.25) is 0 Å². The number of para-hydroxylation sites is 2. The Labute approximate surface area is 189 Å². The van der Waals surface area contributed by atoms with Gasteiger partial charge in [-0.3, -0.25) is 4.99 Å². The van der Waals surface area contributed by atoms with E-state index in [9.17, 15) is 0 Å². The summed E-state index contributed by atoms with van der Waals surface area (Å²) >= 11 is 0. The number of halogens is 1. The van der Waals surface area contributed by atoms with Crippen molar-refractivity contribution in [3.8, 4) is 0 Å². The number of benzene rings is 1. The summed E-state index contributed by atoms with van der Waals surface area (Å²) in [4.78, 5) is 11.7. The molecule has 2 unspecified atom stereocenters. The van der Waals surface area contributed by atoms with Crippen LogP contribution in [-0.4, -0.2) is 72.0 Å². The average molecular weight is 513 g/mol. The molecule has 2 aliphatic heterocycles. The summed E-state index contributed by atoms with van der Waals surface area (Å²) in [6.45, 7) is 8.02. The van der Waals surface area contributed by atoms with Gasteiger partial charge in [-0.2, -0.15) is 0 Å². The first-order valence-corrected chi connectivity index (χ1v) is 10.5. The third-order valence-corrected chi connectivity index (χ3v) is 5.45. The maximum absolute atomic E-state index is 5.98. The van der Waals surface area contributed by atoms with Gasteiger partial charge in [-0.25, -0.2) is 4.98 Å². The van der Waals surface area contributed by atoms with E-state index < -0.39 is 0 Å². The van der Waals surface area contributed by atoms with Gasteiger partial charge in [-0.1, -0.05) is 12.1 Å². The van der Waals surface area contributed by atoms with Crippen LogP contribution in [0.15, 0.2) is 35.6 Å². The summed E-state index contributed by atoms with van der Waals surface area (Å²) in [7, 11) is 0. The fourth-order valence-corrected chi connectivity index (χ4v) is 4.03. The highest BCUT2D eigenvalue weighted by Crippen LogP contribution is 2.21. The summed E-state index contributed by atoms with van der Waals surface area (Å²) < 4.78 is 14.0. The van der Waals surface area contributed by atoms with Crippen LogP contribution in [-0.2, 0) is 16.0 Å². The van der Waals surface area contributed by atoms with Crippen LogP contribution in [0.1, 0.15) is 26.2 Å². The lowest BCUT2D eigenvalue weighted by molar-refractivity contribution is -0.0817. The highest BCUT2D eigenvalue weighted by atomic mass is 127. The smallest absolute Gasteiger partial charge is 0.194 e. The predicted molar refractivity (Wildman–Crippen MR) is 126 cm³/mol. The van der Waals surface area contributed by atoms with Crippen LogP contribution in [0.25, 0.3) is 11.0 Å². The van der Waals surface area contributed by atoms with E-state index in [0.717, 1.165) is 76.7 Å². The summed E-state index contributed by atoms with van der Waals surface area (Å²) in [6, 6.07) is 8.26. The first-order chi connectivity index (χ1) is 13.8. The van der Waals surface area contributed by atoms with Gasteiger partial charge in [0.1, 0.15) is 6.10 Å². The quantitative estimate of drug-likeness (QED) is 0.279. The number of hydrogen-bond acceptors (Lipinski definition) is 4. The number of rotatable bonds is 6. The predicted octanol–water partition coefficient (Wildman–Crippen LogP) is 2.89. The van der Waals surface area contributed by atoms with Crippen molar-refractivity contribution in [2.24, 2.45) is 4.99 Å². The van der Waals surface area contributed by atoms with Crippen LogP contribution in [0.4, 0.5) is 0 Å². The van der Waals surface area contributed by atoms with Gasteiger partial charge >= 0.3 is 0 Å². The molecule has 8 heteroatoms. The van der Waals surface area contributed by atoms with Gasteiger partial charge in [0, 0.05) is 39.3 Å². The Morgan fingerprint density at radius 1 is 1.24 bits per heavy atom. The van der Waals surface area contributed by atoms with Crippen LogP contribution < -0.4 is 5.32 Å². The van der Waals surface area contributed by atoms with Crippen LogP contribution >= 0.6 is 24.0 Å². The number of imidazole rings is 1. The maximum atomic E-state index is 5.98. The van der Waals surface area contributed by atoms with E-state index in [1.807, 2.05) is 12.4 Å². The minimum atomic E-state index is 0. The molecule has 7 nitrogen and oxygen atoms in total. The number of nitrogens with one attached hydrogen (secondary N) is 1. The maximum Gasteiger partial charge on any atom is 0.194 e. The molecule has 2 fully saturated rings. The van der Waals surface area contributed by atoms with Gasteiger partial charge in [0.2, 0.25) is 0 Å². The van der Waals surface area contributed by atoms with Gasteiger partial charge in [0.25, 0.3) is 0 Å². The monoisotopic (exact) mass is 513 g/mol. The molecule has 0 amide bonds. The second kappa shape index (κ2) is 11.1. The van der Waals surface area contributed by atoms with Crippen molar-refractivity contribution in [2.45, 2.75) is 44.9 Å². The Morgan fingerprint density at radius 2 is 2.10 bits per heavy atom. The average Bonchev–Trinajstić information content (AvgIpc) is 3.41. The molecule has 1 N–H and O–H groups in total.